The second kappa shape index (κ2) is 37.8. The van der Waals surface area contributed by atoms with E-state index < -0.39 is 0 Å². The Labute approximate surface area is 756 Å². The molecule has 0 saturated carbocycles. The fraction of sp³-hybridized carbons (Fsp3) is 0.404. The summed E-state index contributed by atoms with van der Waals surface area (Å²) in [6.45, 7) is 32.9. The van der Waals surface area contributed by atoms with Crippen LogP contribution in [0.2, 0.25) is 0 Å². The van der Waals surface area contributed by atoms with E-state index in [4.69, 9.17) is 0 Å². The molecule has 19 rings (SSSR count). The summed E-state index contributed by atoms with van der Waals surface area (Å²) in [5, 5.41) is 8.64. The topological polar surface area (TPSA) is 0 Å². The number of hydrogen-bond acceptors (Lipinski definition) is 14. The van der Waals surface area contributed by atoms with Crippen molar-refractivity contribution in [3.63, 3.8) is 0 Å². The summed E-state index contributed by atoms with van der Waals surface area (Å²) < 4.78 is 26.0. The van der Waals surface area contributed by atoms with Crippen LogP contribution < -0.4 is 0 Å². The first-order valence-electron chi connectivity index (χ1n) is 43.8. The molecule has 0 fully saturated rings. The summed E-state index contributed by atoms with van der Waals surface area (Å²) in [6, 6.07) is 57.6. The van der Waals surface area contributed by atoms with Crippen LogP contribution in [0, 0.1) is 61.2 Å². The Bertz CT molecular complexity index is 6190. The molecule has 19 aromatic rings. The monoisotopic (exact) mass is 1810 g/mol. The lowest BCUT2D eigenvalue weighted by Gasteiger charge is -2.12. The van der Waals surface area contributed by atoms with Crippen LogP contribution in [0.25, 0.3) is 157 Å². The minimum Gasteiger partial charge on any atom is -0.139 e. The minimum absolute atomic E-state index is 0.809. The van der Waals surface area contributed by atoms with Crippen molar-refractivity contribution >= 4 is 276 Å². The third-order valence-corrected chi connectivity index (χ3v) is 41.3. The van der Waals surface area contributed by atoms with Gasteiger partial charge in [0.1, 0.15) is 0 Å². The van der Waals surface area contributed by atoms with E-state index in [0.717, 1.165) is 47.3 Å². The van der Waals surface area contributed by atoms with Crippen molar-refractivity contribution in [2.24, 2.45) is 47.3 Å². The average Bonchev–Trinajstić information content (AvgIpc) is 1.59. The Hall–Kier alpha value is -4.98. The maximum Gasteiger partial charge on any atom is 0.0536 e. The maximum atomic E-state index is 2.49. The van der Waals surface area contributed by atoms with Gasteiger partial charge in [-0.05, 0) is 232 Å². The molecule has 614 valence electrons. The molecule has 0 radical (unpaired) electrons. The van der Waals surface area contributed by atoms with Crippen LogP contribution in [0.15, 0.2) is 146 Å². The highest BCUT2D eigenvalue weighted by molar-refractivity contribution is 7.38. The molecule has 0 nitrogen and oxygen atoms in total. The summed E-state index contributed by atoms with van der Waals surface area (Å²) in [5.74, 6) is 6.56. The van der Waals surface area contributed by atoms with Gasteiger partial charge in [0, 0.05) is 137 Å². The highest BCUT2D eigenvalue weighted by Gasteiger charge is 2.23. The molecule has 0 aliphatic carbocycles. The third kappa shape index (κ3) is 19.7. The van der Waals surface area contributed by atoms with Gasteiger partial charge in [0.25, 0.3) is 0 Å². The van der Waals surface area contributed by atoms with Gasteiger partial charge in [-0.3, -0.25) is 0 Å². The molecule has 14 heterocycles. The minimum atomic E-state index is 0.809. The number of thiophene rings is 14. The van der Waals surface area contributed by atoms with E-state index in [1.54, 1.807) is 9.75 Å². The number of aryl methyl sites for hydroxylation is 6. The SMILES string of the molecule is CC(C)CCCC(C)CCc1ccc(-c2cc3sc4cc5c(cc4c3s2)sc2cc(-c3ccc(CCC(C)CCCC(C)C)cc3)sc25)cc1.CC(C)CCCC(C)CCc1ccc(-c2cc3sc4cc5c(cc4c3s2)sc2cc(-c3ccc(CCC(C)CCCC(C)C)s3)sc25)s1.Cc1cc2sc3cc4c(cc3c2s1)sc1cc(C)sc14. The van der Waals surface area contributed by atoms with E-state index in [9.17, 15) is 0 Å². The Kier molecular flexibility index (Phi) is 27.3. The maximum absolute atomic E-state index is 2.49. The zero-order chi connectivity index (χ0) is 81.6. The summed E-state index contributed by atoms with van der Waals surface area (Å²) in [7, 11) is 0. The van der Waals surface area contributed by atoms with Crippen molar-refractivity contribution in [3.8, 4) is 40.4 Å². The summed E-state index contributed by atoms with van der Waals surface area (Å²) in [4.78, 5) is 14.5. The van der Waals surface area contributed by atoms with E-state index in [2.05, 4.69) is 243 Å². The Balaban J connectivity index is 0.000000137. The van der Waals surface area contributed by atoms with Crippen molar-refractivity contribution in [2.45, 2.75) is 225 Å². The highest BCUT2D eigenvalue weighted by atomic mass is 32.2. The molecule has 0 aliphatic heterocycles. The molecule has 0 aliphatic rings. The van der Waals surface area contributed by atoms with Crippen LogP contribution in [0.5, 0.6) is 0 Å². The predicted octanol–water partition coefficient (Wildman–Crippen LogP) is 40.6. The Morgan fingerprint density at radius 3 is 0.746 bits per heavy atom. The molecule has 118 heavy (non-hydrogen) atoms. The molecule has 4 atom stereocenters. The van der Waals surface area contributed by atoms with Gasteiger partial charge in [-0.25, -0.2) is 0 Å². The number of benzene rings is 5. The van der Waals surface area contributed by atoms with Crippen molar-refractivity contribution in [1.82, 2.24) is 0 Å². The van der Waals surface area contributed by atoms with Crippen LogP contribution in [0.1, 0.15) is 216 Å². The second-order valence-corrected chi connectivity index (χ2v) is 51.8. The van der Waals surface area contributed by atoms with Crippen molar-refractivity contribution in [2.75, 3.05) is 0 Å². The third-order valence-electron chi connectivity index (χ3n) is 24.3. The summed E-state index contributed by atoms with van der Waals surface area (Å²) in [5.41, 5.74) is 5.65. The van der Waals surface area contributed by atoms with Gasteiger partial charge in [0.15, 0.2) is 0 Å². The molecular weight excluding hydrogens is 1700 g/mol. The zero-order valence-corrected chi connectivity index (χ0v) is 82.8. The van der Waals surface area contributed by atoms with Crippen LogP contribution in [-0.4, -0.2) is 0 Å². The molecule has 0 saturated heterocycles. The lowest BCUT2D eigenvalue weighted by atomic mass is 9.94. The van der Waals surface area contributed by atoms with Crippen LogP contribution in [0.3, 0.4) is 0 Å². The lowest BCUT2D eigenvalue weighted by molar-refractivity contribution is 0.437. The smallest absolute Gasteiger partial charge is 0.0536 e. The van der Waals surface area contributed by atoms with E-state index in [1.807, 2.05) is 159 Å². The second-order valence-electron chi connectivity index (χ2n) is 36.3. The molecule has 5 aromatic carbocycles. The molecule has 14 aromatic heterocycles. The van der Waals surface area contributed by atoms with E-state index in [-0.39, 0.29) is 0 Å². The normalized spacial score (nSPS) is 13.5. The molecule has 0 amide bonds. The molecule has 0 bridgehead atoms. The predicted molar refractivity (Wildman–Crippen MR) is 556 cm³/mol. The number of rotatable bonds is 32. The van der Waals surface area contributed by atoms with Crippen molar-refractivity contribution < 1.29 is 0 Å². The van der Waals surface area contributed by atoms with Gasteiger partial charge >= 0.3 is 0 Å². The standard InChI is InChI=1S/C46H54S4.C42H50S6.C16H10S4/c1-29(2)9-7-11-31(5)13-15-33-17-21-35(22-18-33)39-27-43-45(49-39)37-25-42-38(26-41(37)47-43)46-44(48-42)28-40(50-46)36-23-19-34(20-24-36)16-14-32(6)12-8-10-30(3)4;1-25(2)9-7-11-27(5)13-15-29-17-19-33(43-29)37-23-39-41(47-37)31-21-36-32(22-35(31)45-39)42-40(46-36)24-38(48-42)34-20-18-30(44-34)16-14-28(6)12-8-10-26(3)4;1-7-3-13-15(17-7)9-5-12-10(6-11(9)19-13)16-14(20-12)4-8(2)18-16/h17-32H,7-16H2,1-6H3;17-28H,7-16H2,1-6H3;3-6H,1-2H3. The summed E-state index contributed by atoms with van der Waals surface area (Å²) >= 11 is 27.6. The Morgan fingerprint density at radius 2 is 0.458 bits per heavy atom. The van der Waals surface area contributed by atoms with Gasteiger partial charge < -0.3 is 0 Å². The molecular formula is C104H114S14. The van der Waals surface area contributed by atoms with Crippen molar-refractivity contribution in [1.29, 1.82) is 0 Å². The van der Waals surface area contributed by atoms with Gasteiger partial charge in [0.05, 0.1) is 28.2 Å². The van der Waals surface area contributed by atoms with E-state index in [0.29, 0.717) is 0 Å². The molecule has 0 N–H and O–H groups in total. The Morgan fingerprint density at radius 1 is 0.203 bits per heavy atom. The fourth-order valence-corrected chi connectivity index (χ4v) is 34.5. The molecule has 0 spiro atoms. The van der Waals surface area contributed by atoms with Crippen molar-refractivity contribution in [3.05, 3.63) is 176 Å². The average molecular weight is 1810 g/mol. The van der Waals surface area contributed by atoms with Gasteiger partial charge in [0.2, 0.25) is 0 Å². The lowest BCUT2D eigenvalue weighted by Crippen LogP contribution is -1.99. The molecule has 14 heteroatoms. The number of fused-ring (bicyclic) bond motifs is 18. The van der Waals surface area contributed by atoms with Gasteiger partial charge in [-0.1, -0.05) is 209 Å². The molecule has 4 unspecified atom stereocenters. The number of hydrogen-bond donors (Lipinski definition) is 0. The van der Waals surface area contributed by atoms with Crippen LogP contribution in [-0.2, 0) is 25.7 Å². The fourth-order valence-electron chi connectivity index (χ4n) is 17.2. The first-order valence-corrected chi connectivity index (χ1v) is 55.3. The van der Waals surface area contributed by atoms with E-state index in [1.165, 1.54) is 307 Å². The van der Waals surface area contributed by atoms with Crippen LogP contribution >= 0.6 is 159 Å². The first kappa shape index (κ1) is 85.2. The van der Waals surface area contributed by atoms with E-state index >= 15 is 0 Å². The highest BCUT2D eigenvalue weighted by Crippen LogP contribution is 2.53. The quantitative estimate of drug-likeness (QED) is 0.0394. The van der Waals surface area contributed by atoms with Crippen LogP contribution in [0.4, 0.5) is 0 Å². The van der Waals surface area contributed by atoms with Gasteiger partial charge in [-0.2, -0.15) is 0 Å². The first-order chi connectivity index (χ1) is 57.1. The largest absolute Gasteiger partial charge is 0.139 e. The zero-order valence-electron chi connectivity index (χ0n) is 71.3. The van der Waals surface area contributed by atoms with Gasteiger partial charge in [-0.15, -0.1) is 159 Å². The summed E-state index contributed by atoms with van der Waals surface area (Å²) in [6.07, 6.45) is 26.4.